The van der Waals surface area contributed by atoms with Crippen LogP contribution in [0.5, 0.6) is 0 Å². The van der Waals surface area contributed by atoms with E-state index in [1.807, 2.05) is 0 Å². The molecule has 0 aromatic carbocycles. The van der Waals surface area contributed by atoms with Crippen molar-refractivity contribution in [3.63, 3.8) is 0 Å². The molecule has 0 aromatic rings. The molecule has 2 atom stereocenters. The van der Waals surface area contributed by atoms with Gasteiger partial charge in [0.25, 0.3) is 0 Å². The van der Waals surface area contributed by atoms with Gasteiger partial charge in [-0.1, -0.05) is 0 Å². The Bertz CT molecular complexity index is 221. The standard InChI is InChI=1S/C12H26N2O2/c1-10(15-4)7-14-12(9-13)5-6-16-11(2,3)8-12/h10,14H,5-9,13H2,1-4H3. The molecule has 0 bridgehead atoms. The normalized spacial score (nSPS) is 31.3. The molecule has 2 unspecified atom stereocenters. The van der Waals surface area contributed by atoms with E-state index in [-0.39, 0.29) is 17.2 Å². The Morgan fingerprint density at radius 2 is 2.19 bits per heavy atom. The van der Waals surface area contributed by atoms with Gasteiger partial charge in [0.2, 0.25) is 0 Å². The average Bonchev–Trinajstić information content (AvgIpc) is 2.24. The Hall–Kier alpha value is -0.160. The van der Waals surface area contributed by atoms with Crippen LogP contribution in [-0.4, -0.2) is 44.1 Å². The van der Waals surface area contributed by atoms with Crippen LogP contribution in [0.3, 0.4) is 0 Å². The Morgan fingerprint density at radius 3 is 2.69 bits per heavy atom. The van der Waals surface area contributed by atoms with Crippen LogP contribution >= 0.6 is 0 Å². The maximum Gasteiger partial charge on any atom is 0.0667 e. The third-order valence-electron chi connectivity index (χ3n) is 3.40. The van der Waals surface area contributed by atoms with Gasteiger partial charge in [0, 0.05) is 32.3 Å². The summed E-state index contributed by atoms with van der Waals surface area (Å²) in [5, 5.41) is 3.56. The van der Waals surface area contributed by atoms with E-state index in [1.54, 1.807) is 7.11 Å². The van der Waals surface area contributed by atoms with Gasteiger partial charge in [-0.05, 0) is 33.6 Å². The van der Waals surface area contributed by atoms with Crippen molar-refractivity contribution in [3.8, 4) is 0 Å². The van der Waals surface area contributed by atoms with E-state index in [4.69, 9.17) is 15.2 Å². The third kappa shape index (κ3) is 3.70. The smallest absolute Gasteiger partial charge is 0.0667 e. The number of rotatable bonds is 5. The van der Waals surface area contributed by atoms with E-state index in [9.17, 15) is 0 Å². The summed E-state index contributed by atoms with van der Waals surface area (Å²) in [6.07, 6.45) is 2.14. The molecule has 4 nitrogen and oxygen atoms in total. The van der Waals surface area contributed by atoms with Crippen LogP contribution in [0.15, 0.2) is 0 Å². The number of methoxy groups -OCH3 is 1. The molecule has 0 spiro atoms. The first-order chi connectivity index (χ1) is 7.43. The lowest BCUT2D eigenvalue weighted by molar-refractivity contribution is -0.0873. The van der Waals surface area contributed by atoms with Crippen molar-refractivity contribution < 1.29 is 9.47 Å². The lowest BCUT2D eigenvalue weighted by atomic mass is 9.81. The van der Waals surface area contributed by atoms with Gasteiger partial charge in [0.05, 0.1) is 11.7 Å². The fraction of sp³-hybridized carbons (Fsp3) is 1.00. The van der Waals surface area contributed by atoms with Crippen molar-refractivity contribution in [1.82, 2.24) is 5.32 Å². The number of hydrogen-bond donors (Lipinski definition) is 2. The summed E-state index contributed by atoms with van der Waals surface area (Å²) in [5.74, 6) is 0. The van der Waals surface area contributed by atoms with Crippen molar-refractivity contribution in [2.24, 2.45) is 5.73 Å². The molecule has 0 saturated carbocycles. The molecule has 0 amide bonds. The molecule has 0 aromatic heterocycles. The minimum Gasteiger partial charge on any atom is -0.380 e. The summed E-state index contributed by atoms with van der Waals surface area (Å²) in [6.45, 7) is 8.57. The molecule has 0 radical (unpaired) electrons. The van der Waals surface area contributed by atoms with Crippen LogP contribution in [0.4, 0.5) is 0 Å². The molecule has 1 aliphatic rings. The number of nitrogens with one attached hydrogen (secondary N) is 1. The summed E-state index contributed by atoms with van der Waals surface area (Å²) < 4.78 is 11.0. The van der Waals surface area contributed by atoms with Crippen LogP contribution in [0, 0.1) is 0 Å². The van der Waals surface area contributed by atoms with Crippen molar-refractivity contribution >= 4 is 0 Å². The van der Waals surface area contributed by atoms with Crippen LogP contribution in [0.1, 0.15) is 33.6 Å². The highest BCUT2D eigenvalue weighted by Crippen LogP contribution is 2.31. The predicted octanol–water partition coefficient (Wildman–Crippen LogP) is 0.897. The van der Waals surface area contributed by atoms with E-state index in [2.05, 4.69) is 26.1 Å². The Kier molecular flexibility index (Phi) is 4.73. The van der Waals surface area contributed by atoms with Gasteiger partial charge in [0.1, 0.15) is 0 Å². The minimum absolute atomic E-state index is 0.00847. The fourth-order valence-corrected chi connectivity index (χ4v) is 2.32. The molecular weight excluding hydrogens is 204 g/mol. The Labute approximate surface area is 98.9 Å². The zero-order chi connectivity index (χ0) is 12.2. The molecule has 4 heteroatoms. The van der Waals surface area contributed by atoms with Gasteiger partial charge in [-0.3, -0.25) is 0 Å². The molecule has 96 valence electrons. The summed E-state index contributed by atoms with van der Waals surface area (Å²) >= 11 is 0. The lowest BCUT2D eigenvalue weighted by Crippen LogP contribution is -2.60. The summed E-state index contributed by atoms with van der Waals surface area (Å²) in [5.41, 5.74) is 5.85. The van der Waals surface area contributed by atoms with Gasteiger partial charge < -0.3 is 20.5 Å². The molecule has 3 N–H and O–H groups in total. The number of nitrogens with two attached hydrogens (primary N) is 1. The van der Waals surface area contributed by atoms with Crippen LogP contribution < -0.4 is 11.1 Å². The highest BCUT2D eigenvalue weighted by atomic mass is 16.5. The lowest BCUT2D eigenvalue weighted by Gasteiger charge is -2.45. The van der Waals surface area contributed by atoms with Crippen LogP contribution in [0.2, 0.25) is 0 Å². The highest BCUT2D eigenvalue weighted by Gasteiger charge is 2.39. The molecule has 1 saturated heterocycles. The highest BCUT2D eigenvalue weighted by molar-refractivity contribution is 4.97. The van der Waals surface area contributed by atoms with Gasteiger partial charge in [-0.25, -0.2) is 0 Å². The SMILES string of the molecule is COC(C)CNC1(CN)CCOC(C)(C)C1. The van der Waals surface area contributed by atoms with Crippen molar-refractivity contribution in [3.05, 3.63) is 0 Å². The quantitative estimate of drug-likeness (QED) is 0.737. The fourth-order valence-electron chi connectivity index (χ4n) is 2.32. The van der Waals surface area contributed by atoms with E-state index >= 15 is 0 Å². The average molecular weight is 230 g/mol. The Balaban J connectivity index is 2.55. The monoisotopic (exact) mass is 230 g/mol. The van der Waals surface area contributed by atoms with Gasteiger partial charge >= 0.3 is 0 Å². The zero-order valence-corrected chi connectivity index (χ0v) is 11.0. The van der Waals surface area contributed by atoms with Gasteiger partial charge in [-0.2, -0.15) is 0 Å². The van der Waals surface area contributed by atoms with Crippen molar-refractivity contribution in [2.75, 3.05) is 26.8 Å². The number of ether oxygens (including phenoxy) is 2. The van der Waals surface area contributed by atoms with E-state index in [0.717, 1.165) is 26.0 Å². The summed E-state index contributed by atoms with van der Waals surface area (Å²) in [6, 6.07) is 0. The zero-order valence-electron chi connectivity index (χ0n) is 11.0. The number of hydrogen-bond acceptors (Lipinski definition) is 4. The predicted molar refractivity (Wildman–Crippen MR) is 65.5 cm³/mol. The third-order valence-corrected chi connectivity index (χ3v) is 3.40. The molecule has 1 fully saturated rings. The largest absolute Gasteiger partial charge is 0.380 e. The molecular formula is C12H26N2O2. The Morgan fingerprint density at radius 1 is 1.50 bits per heavy atom. The van der Waals surface area contributed by atoms with E-state index in [0.29, 0.717) is 6.54 Å². The minimum atomic E-state index is -0.0824. The first kappa shape index (κ1) is 13.9. The maximum absolute atomic E-state index is 5.93. The summed E-state index contributed by atoms with van der Waals surface area (Å²) in [4.78, 5) is 0. The first-order valence-electron chi connectivity index (χ1n) is 6.05. The first-order valence-corrected chi connectivity index (χ1v) is 6.05. The molecule has 1 heterocycles. The second-order valence-electron chi connectivity index (χ2n) is 5.45. The van der Waals surface area contributed by atoms with Crippen LogP contribution in [-0.2, 0) is 9.47 Å². The van der Waals surface area contributed by atoms with Crippen molar-refractivity contribution in [2.45, 2.75) is 50.9 Å². The van der Waals surface area contributed by atoms with E-state index in [1.165, 1.54) is 0 Å². The second-order valence-corrected chi connectivity index (χ2v) is 5.45. The van der Waals surface area contributed by atoms with Crippen molar-refractivity contribution in [1.29, 1.82) is 0 Å². The molecule has 16 heavy (non-hydrogen) atoms. The van der Waals surface area contributed by atoms with Crippen LogP contribution in [0.25, 0.3) is 0 Å². The van der Waals surface area contributed by atoms with Gasteiger partial charge in [0.15, 0.2) is 0 Å². The molecule has 1 aliphatic heterocycles. The molecule has 0 aliphatic carbocycles. The summed E-state index contributed by atoms with van der Waals surface area (Å²) in [7, 11) is 1.73. The maximum atomic E-state index is 5.93. The second kappa shape index (κ2) is 5.45. The van der Waals surface area contributed by atoms with E-state index < -0.39 is 0 Å². The topological polar surface area (TPSA) is 56.5 Å². The van der Waals surface area contributed by atoms with Gasteiger partial charge in [-0.15, -0.1) is 0 Å². The molecule has 1 rings (SSSR count).